The molecule has 3 heterocycles. The predicted octanol–water partition coefficient (Wildman–Crippen LogP) is 9.80. The summed E-state index contributed by atoms with van der Waals surface area (Å²) in [4.78, 5) is 2.62. The van der Waals surface area contributed by atoms with E-state index in [-0.39, 0.29) is 6.04 Å². The maximum Gasteiger partial charge on any atom is 0.135 e. The van der Waals surface area contributed by atoms with E-state index in [1.54, 1.807) is 0 Å². The van der Waals surface area contributed by atoms with Crippen molar-refractivity contribution in [3.8, 4) is 0 Å². The van der Waals surface area contributed by atoms with Crippen molar-refractivity contribution in [2.24, 2.45) is 0 Å². The van der Waals surface area contributed by atoms with Crippen LogP contribution in [0.1, 0.15) is 40.4 Å². The third-order valence-corrected chi connectivity index (χ3v) is 9.54. The topological polar surface area (TPSA) is 16.4 Å². The number of fused-ring (bicyclic) bond motifs is 11. The SMILES string of the molecule is C1=Cc2oc3ccc(C4=CC5c6cc7ccccc7cc6N6c7cc8ccccc8cc7C(=C4)C56)cc3c2CC1. The normalized spacial score (nSPS) is 19.9. The van der Waals surface area contributed by atoms with Gasteiger partial charge in [-0.25, -0.2) is 0 Å². The van der Waals surface area contributed by atoms with Gasteiger partial charge in [-0.15, -0.1) is 0 Å². The molecule has 2 unspecified atom stereocenters. The van der Waals surface area contributed by atoms with Crippen LogP contribution in [0.4, 0.5) is 11.4 Å². The summed E-state index contributed by atoms with van der Waals surface area (Å²) in [5, 5.41) is 6.47. The van der Waals surface area contributed by atoms with Crippen molar-refractivity contribution >= 4 is 61.1 Å². The van der Waals surface area contributed by atoms with E-state index in [2.05, 4.69) is 120 Å². The molecule has 0 N–H and O–H groups in total. The summed E-state index contributed by atoms with van der Waals surface area (Å²) in [5.74, 6) is 1.32. The maximum absolute atomic E-state index is 6.20. The Morgan fingerprint density at radius 3 is 2.33 bits per heavy atom. The monoisotopic (exact) mass is 511 g/mol. The van der Waals surface area contributed by atoms with Crippen LogP contribution in [0.3, 0.4) is 0 Å². The van der Waals surface area contributed by atoms with Crippen LogP contribution in [0, 0.1) is 0 Å². The first kappa shape index (κ1) is 21.1. The molecule has 40 heavy (non-hydrogen) atoms. The largest absolute Gasteiger partial charge is 0.456 e. The highest BCUT2D eigenvalue weighted by Crippen LogP contribution is 2.60. The lowest BCUT2D eigenvalue weighted by Crippen LogP contribution is -2.26. The number of hydrogen-bond acceptors (Lipinski definition) is 2. The van der Waals surface area contributed by atoms with Gasteiger partial charge in [0.25, 0.3) is 0 Å². The molecule has 0 bridgehead atoms. The molecular formula is C38H25NO. The van der Waals surface area contributed by atoms with Crippen molar-refractivity contribution in [1.82, 2.24) is 0 Å². The smallest absolute Gasteiger partial charge is 0.135 e. The second-order valence-electron chi connectivity index (χ2n) is 11.6. The quantitative estimate of drug-likeness (QED) is 0.218. The minimum absolute atomic E-state index is 0.290. The molecule has 2 atom stereocenters. The Morgan fingerprint density at radius 2 is 1.50 bits per heavy atom. The average molecular weight is 512 g/mol. The molecule has 0 amide bonds. The fourth-order valence-corrected chi connectivity index (χ4v) is 7.72. The molecule has 0 radical (unpaired) electrons. The van der Waals surface area contributed by atoms with Crippen LogP contribution in [-0.2, 0) is 6.42 Å². The van der Waals surface area contributed by atoms with Crippen molar-refractivity contribution in [2.75, 3.05) is 4.90 Å². The van der Waals surface area contributed by atoms with E-state index in [1.807, 2.05) is 0 Å². The first-order valence-corrected chi connectivity index (χ1v) is 14.3. The van der Waals surface area contributed by atoms with Gasteiger partial charge in [-0.1, -0.05) is 66.7 Å². The Balaban J connectivity index is 1.24. The van der Waals surface area contributed by atoms with Crippen molar-refractivity contribution in [3.05, 3.63) is 137 Å². The van der Waals surface area contributed by atoms with Gasteiger partial charge < -0.3 is 9.32 Å². The summed E-state index contributed by atoms with van der Waals surface area (Å²) >= 11 is 0. The molecule has 2 heteroatoms. The van der Waals surface area contributed by atoms with Crippen molar-refractivity contribution < 1.29 is 4.42 Å². The standard InChI is InChI=1S/C38H25NO/c1-3-9-24-20-34-29(15-22(24)7-1)32-18-27(26-13-14-37-31(17-26)28-11-5-6-12-36(28)40-37)19-33-30-16-23-8-2-4-10-25(23)21-35(30)39(34)38(32)33/h1-4,6-10,12-21,32,38H,5,11H2. The van der Waals surface area contributed by atoms with Crippen molar-refractivity contribution in [3.63, 3.8) is 0 Å². The van der Waals surface area contributed by atoms with Crippen molar-refractivity contribution in [2.45, 2.75) is 24.8 Å². The molecule has 0 fully saturated rings. The van der Waals surface area contributed by atoms with Crippen LogP contribution in [0.5, 0.6) is 0 Å². The number of aryl methyl sites for hydroxylation is 1. The molecule has 10 rings (SSSR count). The van der Waals surface area contributed by atoms with E-state index < -0.39 is 0 Å². The summed E-state index contributed by atoms with van der Waals surface area (Å²) in [6.45, 7) is 0. The number of hydrogen-bond donors (Lipinski definition) is 0. The van der Waals surface area contributed by atoms with E-state index in [1.165, 1.54) is 71.7 Å². The summed E-state index contributed by atoms with van der Waals surface area (Å²) in [7, 11) is 0. The molecule has 2 nitrogen and oxygen atoms in total. The van der Waals surface area contributed by atoms with Crippen LogP contribution < -0.4 is 4.90 Å². The van der Waals surface area contributed by atoms with Gasteiger partial charge in [-0.2, -0.15) is 0 Å². The molecule has 4 aliphatic rings. The lowest BCUT2D eigenvalue weighted by atomic mass is 9.80. The Bertz CT molecular complexity index is 2190. The Kier molecular flexibility index (Phi) is 3.91. The first-order valence-electron chi connectivity index (χ1n) is 14.3. The third-order valence-electron chi connectivity index (χ3n) is 9.54. The van der Waals surface area contributed by atoms with Gasteiger partial charge in [0.1, 0.15) is 11.3 Å². The number of rotatable bonds is 1. The zero-order chi connectivity index (χ0) is 25.9. The van der Waals surface area contributed by atoms with E-state index in [0.717, 1.165) is 24.2 Å². The lowest BCUT2D eigenvalue weighted by molar-refractivity contribution is 0.595. The molecule has 0 saturated carbocycles. The Morgan fingerprint density at radius 1 is 0.750 bits per heavy atom. The molecule has 1 aromatic heterocycles. The van der Waals surface area contributed by atoms with Gasteiger partial charge in [-0.05, 0) is 105 Å². The molecular weight excluding hydrogens is 486 g/mol. The number of benzene rings is 5. The van der Waals surface area contributed by atoms with Gasteiger partial charge >= 0.3 is 0 Å². The van der Waals surface area contributed by atoms with Gasteiger partial charge in [0.05, 0.1) is 11.7 Å². The van der Waals surface area contributed by atoms with Crippen LogP contribution >= 0.6 is 0 Å². The summed E-state index contributed by atoms with van der Waals surface area (Å²) < 4.78 is 6.20. The van der Waals surface area contributed by atoms with Gasteiger partial charge in [-0.3, -0.25) is 0 Å². The fourth-order valence-electron chi connectivity index (χ4n) is 7.72. The van der Waals surface area contributed by atoms with E-state index in [0.29, 0.717) is 5.92 Å². The zero-order valence-electron chi connectivity index (χ0n) is 21.9. The second-order valence-corrected chi connectivity index (χ2v) is 11.6. The Labute approximate surface area is 232 Å². The fraction of sp³-hybridized carbons (Fsp3) is 0.105. The highest BCUT2D eigenvalue weighted by molar-refractivity contribution is 6.08. The molecule has 2 aliphatic heterocycles. The van der Waals surface area contributed by atoms with Gasteiger partial charge in [0, 0.05) is 28.1 Å². The maximum atomic E-state index is 6.20. The van der Waals surface area contributed by atoms with Gasteiger partial charge in [0.15, 0.2) is 0 Å². The second kappa shape index (κ2) is 7.43. The van der Waals surface area contributed by atoms with Crippen LogP contribution in [0.25, 0.3) is 49.7 Å². The number of anilines is 2. The van der Waals surface area contributed by atoms with Crippen LogP contribution in [-0.4, -0.2) is 6.04 Å². The van der Waals surface area contributed by atoms with Crippen LogP contribution in [0.2, 0.25) is 0 Å². The highest BCUT2D eigenvalue weighted by Gasteiger charge is 2.48. The van der Waals surface area contributed by atoms with E-state index in [9.17, 15) is 0 Å². The average Bonchev–Trinajstić information content (AvgIpc) is 3.64. The first-order chi connectivity index (χ1) is 19.8. The molecule has 188 valence electrons. The number of nitrogens with zero attached hydrogens (tertiary/aromatic N) is 1. The summed E-state index contributed by atoms with van der Waals surface area (Å²) in [5.41, 5.74) is 11.8. The molecule has 5 aromatic carbocycles. The zero-order valence-corrected chi connectivity index (χ0v) is 21.9. The number of furan rings is 1. The molecule has 0 spiro atoms. The van der Waals surface area contributed by atoms with Crippen molar-refractivity contribution in [1.29, 1.82) is 0 Å². The summed E-state index contributed by atoms with van der Waals surface area (Å²) in [6, 6.07) is 34.3. The molecule has 2 aliphatic carbocycles. The lowest BCUT2D eigenvalue weighted by Gasteiger charge is -2.26. The minimum atomic E-state index is 0.290. The predicted molar refractivity (Wildman–Crippen MR) is 166 cm³/mol. The van der Waals surface area contributed by atoms with Gasteiger partial charge in [0.2, 0.25) is 0 Å². The summed E-state index contributed by atoms with van der Waals surface area (Å²) in [6.07, 6.45) is 11.5. The van der Waals surface area contributed by atoms with Crippen LogP contribution in [0.15, 0.2) is 114 Å². The van der Waals surface area contributed by atoms with E-state index >= 15 is 0 Å². The Hall–Kier alpha value is -4.82. The number of allylic oxidation sites excluding steroid dienone is 3. The molecule has 6 aromatic rings. The highest BCUT2D eigenvalue weighted by atomic mass is 16.3. The van der Waals surface area contributed by atoms with E-state index in [4.69, 9.17) is 4.42 Å². The third kappa shape index (κ3) is 2.68. The molecule has 0 saturated heterocycles. The minimum Gasteiger partial charge on any atom is -0.456 e.